The summed E-state index contributed by atoms with van der Waals surface area (Å²) in [6, 6.07) is 11.8. The van der Waals surface area contributed by atoms with Gasteiger partial charge in [0.15, 0.2) is 0 Å². The molecule has 1 fully saturated rings. The molecule has 1 aliphatic rings. The third-order valence-corrected chi connectivity index (χ3v) is 3.70. The van der Waals surface area contributed by atoms with Crippen LogP contribution in [0.5, 0.6) is 0 Å². The van der Waals surface area contributed by atoms with E-state index in [1.54, 1.807) is 0 Å². The van der Waals surface area contributed by atoms with E-state index < -0.39 is 0 Å². The van der Waals surface area contributed by atoms with E-state index in [4.69, 9.17) is 0 Å². The highest BCUT2D eigenvalue weighted by molar-refractivity contribution is 5.19. The standard InChI is InChI=1S/C15H25N3/c1-18(2)15(13-7-4-3-5-8-13)12-17-14-9-6-10-16-11-14/h3-5,7-8,14-17H,6,9-12H2,1-2H3. The van der Waals surface area contributed by atoms with Gasteiger partial charge in [0, 0.05) is 25.2 Å². The summed E-state index contributed by atoms with van der Waals surface area (Å²) in [5.74, 6) is 0. The van der Waals surface area contributed by atoms with Crippen molar-refractivity contribution in [1.82, 2.24) is 15.5 Å². The first-order valence-corrected chi connectivity index (χ1v) is 6.93. The van der Waals surface area contributed by atoms with Crippen molar-refractivity contribution in [3.05, 3.63) is 35.9 Å². The van der Waals surface area contributed by atoms with E-state index in [1.807, 2.05) is 0 Å². The molecule has 0 amide bonds. The van der Waals surface area contributed by atoms with Crippen molar-refractivity contribution in [2.45, 2.75) is 24.9 Å². The normalized spacial score (nSPS) is 22.1. The fourth-order valence-electron chi connectivity index (χ4n) is 2.58. The van der Waals surface area contributed by atoms with E-state index in [-0.39, 0.29) is 0 Å². The molecule has 0 radical (unpaired) electrons. The van der Waals surface area contributed by atoms with Gasteiger partial charge in [-0.25, -0.2) is 0 Å². The van der Waals surface area contributed by atoms with Crippen molar-refractivity contribution in [3.63, 3.8) is 0 Å². The largest absolute Gasteiger partial charge is 0.315 e. The molecule has 2 unspecified atom stereocenters. The average Bonchev–Trinajstić information content (AvgIpc) is 2.41. The van der Waals surface area contributed by atoms with Crippen molar-refractivity contribution in [3.8, 4) is 0 Å². The van der Waals surface area contributed by atoms with Crippen LogP contribution >= 0.6 is 0 Å². The van der Waals surface area contributed by atoms with Gasteiger partial charge in [0.2, 0.25) is 0 Å². The van der Waals surface area contributed by atoms with Crippen molar-refractivity contribution in [2.75, 3.05) is 33.7 Å². The average molecular weight is 247 g/mol. The summed E-state index contributed by atoms with van der Waals surface area (Å²) in [5, 5.41) is 7.15. The number of likely N-dealkylation sites (N-methyl/N-ethyl adjacent to an activating group) is 1. The molecular weight excluding hydrogens is 222 g/mol. The van der Waals surface area contributed by atoms with Gasteiger partial charge in [-0.3, -0.25) is 0 Å². The predicted molar refractivity (Wildman–Crippen MR) is 76.8 cm³/mol. The number of hydrogen-bond donors (Lipinski definition) is 2. The molecule has 0 spiro atoms. The fraction of sp³-hybridized carbons (Fsp3) is 0.600. The summed E-state index contributed by atoms with van der Waals surface area (Å²) in [6.45, 7) is 3.30. The van der Waals surface area contributed by atoms with Crippen LogP contribution in [-0.4, -0.2) is 44.7 Å². The Morgan fingerprint density at radius 1 is 1.33 bits per heavy atom. The van der Waals surface area contributed by atoms with Crippen molar-refractivity contribution < 1.29 is 0 Å². The number of benzene rings is 1. The lowest BCUT2D eigenvalue weighted by Crippen LogP contribution is -2.45. The SMILES string of the molecule is CN(C)C(CNC1CCCNC1)c1ccccc1. The maximum atomic E-state index is 3.70. The molecule has 2 atom stereocenters. The molecule has 18 heavy (non-hydrogen) atoms. The van der Waals surface area contributed by atoms with Crippen LogP contribution in [0.25, 0.3) is 0 Å². The lowest BCUT2D eigenvalue weighted by Gasteiger charge is -2.29. The molecule has 1 aromatic carbocycles. The second-order valence-electron chi connectivity index (χ2n) is 5.34. The van der Waals surface area contributed by atoms with Crippen LogP contribution in [0.15, 0.2) is 30.3 Å². The highest BCUT2D eigenvalue weighted by Crippen LogP contribution is 2.17. The van der Waals surface area contributed by atoms with E-state index >= 15 is 0 Å². The Morgan fingerprint density at radius 3 is 2.72 bits per heavy atom. The fourth-order valence-corrected chi connectivity index (χ4v) is 2.58. The number of piperidine rings is 1. The molecule has 1 aromatic rings. The highest BCUT2D eigenvalue weighted by atomic mass is 15.1. The summed E-state index contributed by atoms with van der Waals surface area (Å²) >= 11 is 0. The van der Waals surface area contributed by atoms with Crippen LogP contribution in [0.1, 0.15) is 24.4 Å². The quantitative estimate of drug-likeness (QED) is 0.828. The zero-order valence-corrected chi connectivity index (χ0v) is 11.5. The van der Waals surface area contributed by atoms with Crippen LogP contribution in [-0.2, 0) is 0 Å². The Hall–Kier alpha value is -0.900. The first-order valence-electron chi connectivity index (χ1n) is 6.93. The zero-order chi connectivity index (χ0) is 12.8. The van der Waals surface area contributed by atoms with Crippen LogP contribution in [0, 0.1) is 0 Å². The van der Waals surface area contributed by atoms with Gasteiger partial charge >= 0.3 is 0 Å². The third-order valence-electron chi connectivity index (χ3n) is 3.70. The first kappa shape index (κ1) is 13.5. The molecule has 2 rings (SSSR count). The lowest BCUT2D eigenvalue weighted by atomic mass is 10.0. The maximum Gasteiger partial charge on any atom is 0.0466 e. The summed E-state index contributed by atoms with van der Waals surface area (Å²) in [7, 11) is 4.30. The Kier molecular flexibility index (Phi) is 5.17. The Bertz CT molecular complexity index is 331. The summed E-state index contributed by atoms with van der Waals surface area (Å²) in [6.07, 6.45) is 2.58. The van der Waals surface area contributed by atoms with Gasteiger partial charge in [-0.1, -0.05) is 30.3 Å². The van der Waals surface area contributed by atoms with Gasteiger partial charge in [-0.15, -0.1) is 0 Å². The van der Waals surface area contributed by atoms with Gasteiger partial charge in [-0.2, -0.15) is 0 Å². The highest BCUT2D eigenvalue weighted by Gasteiger charge is 2.17. The molecule has 0 bridgehead atoms. The van der Waals surface area contributed by atoms with Gasteiger partial charge in [0.1, 0.15) is 0 Å². The molecule has 3 nitrogen and oxygen atoms in total. The van der Waals surface area contributed by atoms with E-state index in [9.17, 15) is 0 Å². The van der Waals surface area contributed by atoms with Crippen LogP contribution in [0.3, 0.4) is 0 Å². The first-order chi connectivity index (χ1) is 8.77. The molecule has 1 heterocycles. The lowest BCUT2D eigenvalue weighted by molar-refractivity contribution is 0.269. The minimum absolute atomic E-state index is 0.452. The molecule has 0 saturated carbocycles. The molecule has 100 valence electrons. The predicted octanol–water partition coefficient (Wildman–Crippen LogP) is 1.63. The van der Waals surface area contributed by atoms with Crippen molar-refractivity contribution >= 4 is 0 Å². The zero-order valence-electron chi connectivity index (χ0n) is 11.5. The van der Waals surface area contributed by atoms with Crippen LogP contribution in [0.2, 0.25) is 0 Å². The molecule has 0 aliphatic carbocycles. The molecular formula is C15H25N3. The molecule has 2 N–H and O–H groups in total. The Morgan fingerprint density at radius 2 is 2.11 bits per heavy atom. The monoisotopic (exact) mass is 247 g/mol. The topological polar surface area (TPSA) is 27.3 Å². The number of nitrogens with one attached hydrogen (secondary N) is 2. The van der Waals surface area contributed by atoms with E-state index in [2.05, 4.69) is 60.0 Å². The molecule has 1 aliphatic heterocycles. The molecule has 1 saturated heterocycles. The second kappa shape index (κ2) is 6.88. The van der Waals surface area contributed by atoms with Crippen molar-refractivity contribution in [1.29, 1.82) is 0 Å². The summed E-state index contributed by atoms with van der Waals surface area (Å²) in [4.78, 5) is 2.29. The van der Waals surface area contributed by atoms with Gasteiger partial charge in [0.25, 0.3) is 0 Å². The van der Waals surface area contributed by atoms with Gasteiger partial charge < -0.3 is 15.5 Å². The molecule has 0 aromatic heterocycles. The number of nitrogens with zero attached hydrogens (tertiary/aromatic N) is 1. The second-order valence-corrected chi connectivity index (χ2v) is 5.34. The summed E-state index contributed by atoms with van der Waals surface area (Å²) < 4.78 is 0. The van der Waals surface area contributed by atoms with E-state index in [0.717, 1.165) is 13.1 Å². The van der Waals surface area contributed by atoms with Gasteiger partial charge in [-0.05, 0) is 39.0 Å². The number of rotatable bonds is 5. The maximum absolute atomic E-state index is 3.70. The smallest absolute Gasteiger partial charge is 0.0466 e. The van der Waals surface area contributed by atoms with Crippen LogP contribution < -0.4 is 10.6 Å². The Balaban J connectivity index is 1.90. The minimum atomic E-state index is 0.452. The van der Waals surface area contributed by atoms with Crippen molar-refractivity contribution in [2.24, 2.45) is 0 Å². The summed E-state index contributed by atoms with van der Waals surface area (Å²) in [5.41, 5.74) is 1.39. The Labute approximate surface area is 111 Å². The number of hydrogen-bond acceptors (Lipinski definition) is 3. The van der Waals surface area contributed by atoms with E-state index in [1.165, 1.54) is 24.9 Å². The minimum Gasteiger partial charge on any atom is -0.315 e. The van der Waals surface area contributed by atoms with Gasteiger partial charge in [0.05, 0.1) is 0 Å². The third kappa shape index (κ3) is 3.80. The van der Waals surface area contributed by atoms with E-state index in [0.29, 0.717) is 12.1 Å². The molecule has 3 heteroatoms. The van der Waals surface area contributed by atoms with Crippen LogP contribution in [0.4, 0.5) is 0 Å².